The zero-order chi connectivity index (χ0) is 25.5. The quantitative estimate of drug-likeness (QED) is 0.294. The number of hydrogen-bond acceptors (Lipinski definition) is 8. The lowest BCUT2D eigenvalue weighted by atomic mass is 10.2. The van der Waals surface area contributed by atoms with Crippen molar-refractivity contribution in [3.05, 3.63) is 42.5 Å². The van der Waals surface area contributed by atoms with E-state index in [1.54, 1.807) is 14.2 Å². The van der Waals surface area contributed by atoms with Crippen LogP contribution in [0.2, 0.25) is 0 Å². The molecule has 0 unspecified atom stereocenters. The summed E-state index contributed by atoms with van der Waals surface area (Å²) in [5.41, 5.74) is 3.08. The molecule has 36 heavy (non-hydrogen) atoms. The Hall–Kier alpha value is -4.08. The number of anilines is 1. The lowest BCUT2D eigenvalue weighted by Gasteiger charge is -2.13. The van der Waals surface area contributed by atoms with Gasteiger partial charge in [-0.05, 0) is 18.8 Å². The fraction of sp³-hybridized carbons (Fsp3) is 0.385. The summed E-state index contributed by atoms with van der Waals surface area (Å²) in [6.45, 7) is 5.61. The lowest BCUT2D eigenvalue weighted by molar-refractivity contribution is 0.133. The highest BCUT2D eigenvalue weighted by Gasteiger charge is 2.18. The minimum absolute atomic E-state index is 0.312. The molecule has 10 heteroatoms. The lowest BCUT2D eigenvalue weighted by Crippen LogP contribution is -2.26. The predicted molar refractivity (Wildman–Crippen MR) is 139 cm³/mol. The number of hydrogen-bond donors (Lipinski definition) is 2. The first-order valence-electron chi connectivity index (χ1n) is 12.0. The molecule has 190 valence electrons. The van der Waals surface area contributed by atoms with Gasteiger partial charge < -0.3 is 24.8 Å². The Morgan fingerprint density at radius 1 is 1.00 bits per heavy atom. The van der Waals surface area contributed by atoms with Gasteiger partial charge >= 0.3 is 6.09 Å². The summed E-state index contributed by atoms with van der Waals surface area (Å²) in [4.78, 5) is 16.5. The number of amides is 1. The largest absolute Gasteiger partial charge is 0.493 e. The molecule has 0 aliphatic heterocycles. The van der Waals surface area contributed by atoms with Gasteiger partial charge in [0, 0.05) is 30.8 Å². The second-order valence-electron chi connectivity index (χ2n) is 8.76. The van der Waals surface area contributed by atoms with Crippen molar-refractivity contribution in [3.8, 4) is 22.9 Å². The fourth-order valence-electron chi connectivity index (χ4n) is 3.80. The minimum Gasteiger partial charge on any atom is -0.493 e. The van der Waals surface area contributed by atoms with Crippen LogP contribution < -0.4 is 20.1 Å². The third kappa shape index (κ3) is 5.59. The average Bonchev–Trinajstić information content (AvgIpc) is 3.35. The van der Waals surface area contributed by atoms with Crippen LogP contribution in [0.25, 0.3) is 28.1 Å². The Morgan fingerprint density at radius 3 is 2.44 bits per heavy atom. The average molecular weight is 493 g/mol. The number of unbranched alkanes of at least 4 members (excludes halogenated alkanes) is 1. The van der Waals surface area contributed by atoms with Crippen molar-refractivity contribution in [3.63, 3.8) is 0 Å². The van der Waals surface area contributed by atoms with Crippen LogP contribution in [0, 0.1) is 5.92 Å². The topological polar surface area (TPSA) is 112 Å². The number of ether oxygens (including phenoxy) is 3. The molecule has 0 spiro atoms. The Balaban J connectivity index is 1.56. The number of aromatic nitrogens is 4. The SMILES string of the molecule is COc1cc2nc(NCCCCNC(=O)OCC(C)C)c3nnc(-c4ccccc4)n3c2cc1OC. The Bertz CT molecular complexity index is 1320. The standard InChI is InChI=1S/C26H32N6O4/c1-17(2)16-36-26(33)28-13-9-8-12-27-23-25-31-30-24(18-10-6-5-7-11-18)32(25)20-15-22(35-4)21(34-3)14-19(20)29-23/h5-7,10-11,14-15,17H,8-9,12-13,16H2,1-4H3,(H,27,29)(H,28,33). The number of nitrogens with zero attached hydrogens (tertiary/aromatic N) is 4. The number of rotatable bonds is 11. The molecule has 1 amide bonds. The van der Waals surface area contributed by atoms with E-state index >= 15 is 0 Å². The van der Waals surface area contributed by atoms with Crippen molar-refractivity contribution >= 4 is 28.6 Å². The van der Waals surface area contributed by atoms with E-state index in [4.69, 9.17) is 19.2 Å². The van der Waals surface area contributed by atoms with Crippen LogP contribution in [0.4, 0.5) is 10.6 Å². The fourth-order valence-corrected chi connectivity index (χ4v) is 3.80. The maximum atomic E-state index is 11.7. The van der Waals surface area contributed by atoms with E-state index in [0.717, 1.165) is 23.9 Å². The maximum Gasteiger partial charge on any atom is 0.407 e. The van der Waals surface area contributed by atoms with E-state index in [0.29, 0.717) is 59.9 Å². The normalized spacial score (nSPS) is 11.1. The molecular weight excluding hydrogens is 460 g/mol. The molecular formula is C26H32N6O4. The van der Waals surface area contributed by atoms with Crippen LogP contribution in [0.5, 0.6) is 11.5 Å². The smallest absolute Gasteiger partial charge is 0.407 e. The van der Waals surface area contributed by atoms with E-state index in [1.165, 1.54) is 0 Å². The molecule has 0 aliphatic rings. The molecule has 0 saturated carbocycles. The van der Waals surface area contributed by atoms with Crippen LogP contribution in [0.3, 0.4) is 0 Å². The first kappa shape index (κ1) is 25.0. The van der Waals surface area contributed by atoms with Gasteiger partial charge in [0.05, 0.1) is 31.9 Å². The molecule has 0 bridgehead atoms. The number of carbonyl (C=O) groups excluding carboxylic acids is 1. The van der Waals surface area contributed by atoms with Crippen LogP contribution in [-0.4, -0.2) is 59.6 Å². The summed E-state index contributed by atoms with van der Waals surface area (Å²) in [5, 5.41) is 15.1. The van der Waals surface area contributed by atoms with E-state index in [2.05, 4.69) is 20.8 Å². The summed E-state index contributed by atoms with van der Waals surface area (Å²) in [7, 11) is 3.20. The number of alkyl carbamates (subject to hydrolysis) is 1. The van der Waals surface area contributed by atoms with E-state index in [9.17, 15) is 4.79 Å². The molecule has 2 heterocycles. The number of methoxy groups -OCH3 is 2. The van der Waals surface area contributed by atoms with Gasteiger partial charge in [-0.15, -0.1) is 10.2 Å². The van der Waals surface area contributed by atoms with Gasteiger partial charge in [-0.25, -0.2) is 9.78 Å². The van der Waals surface area contributed by atoms with Gasteiger partial charge in [0.1, 0.15) is 0 Å². The monoisotopic (exact) mass is 492 g/mol. The summed E-state index contributed by atoms with van der Waals surface area (Å²) in [5.74, 6) is 2.83. The predicted octanol–water partition coefficient (Wildman–Crippen LogP) is 4.54. The first-order valence-corrected chi connectivity index (χ1v) is 12.0. The molecule has 0 fully saturated rings. The van der Waals surface area contributed by atoms with Gasteiger partial charge in [-0.3, -0.25) is 4.40 Å². The zero-order valence-corrected chi connectivity index (χ0v) is 21.1. The van der Waals surface area contributed by atoms with Crippen molar-refractivity contribution in [2.75, 3.05) is 39.2 Å². The van der Waals surface area contributed by atoms with Gasteiger partial charge in [-0.2, -0.15) is 0 Å². The number of benzene rings is 2. The molecule has 0 atom stereocenters. The van der Waals surface area contributed by atoms with Gasteiger partial charge in [-0.1, -0.05) is 44.2 Å². The molecule has 2 aromatic heterocycles. The summed E-state index contributed by atoms with van der Waals surface area (Å²) >= 11 is 0. The van der Waals surface area contributed by atoms with E-state index < -0.39 is 0 Å². The Kier molecular flexibility index (Phi) is 8.04. The van der Waals surface area contributed by atoms with Crippen molar-refractivity contribution in [2.45, 2.75) is 26.7 Å². The van der Waals surface area contributed by atoms with Crippen LogP contribution in [0.1, 0.15) is 26.7 Å². The van der Waals surface area contributed by atoms with Crippen molar-refractivity contribution in [1.82, 2.24) is 24.9 Å². The highest BCUT2D eigenvalue weighted by Crippen LogP contribution is 2.34. The van der Waals surface area contributed by atoms with Crippen molar-refractivity contribution < 1.29 is 19.0 Å². The molecule has 0 radical (unpaired) electrons. The number of carbonyl (C=O) groups is 1. The second-order valence-corrected chi connectivity index (χ2v) is 8.76. The van der Waals surface area contributed by atoms with Crippen LogP contribution in [0.15, 0.2) is 42.5 Å². The Labute approximate surface area is 210 Å². The van der Waals surface area contributed by atoms with Crippen molar-refractivity contribution in [2.24, 2.45) is 5.92 Å². The highest BCUT2D eigenvalue weighted by molar-refractivity contribution is 5.87. The molecule has 0 aliphatic carbocycles. The highest BCUT2D eigenvalue weighted by atomic mass is 16.5. The molecule has 4 aromatic rings. The summed E-state index contributed by atoms with van der Waals surface area (Å²) in [6, 6.07) is 13.6. The van der Waals surface area contributed by atoms with E-state index in [1.807, 2.05) is 60.7 Å². The van der Waals surface area contributed by atoms with Gasteiger partial charge in [0.15, 0.2) is 23.1 Å². The van der Waals surface area contributed by atoms with Gasteiger partial charge in [0.25, 0.3) is 0 Å². The summed E-state index contributed by atoms with van der Waals surface area (Å²) in [6.07, 6.45) is 1.23. The third-order valence-electron chi connectivity index (χ3n) is 5.57. The molecule has 2 N–H and O–H groups in total. The molecule has 2 aromatic carbocycles. The van der Waals surface area contributed by atoms with E-state index in [-0.39, 0.29) is 6.09 Å². The molecule has 10 nitrogen and oxygen atoms in total. The summed E-state index contributed by atoms with van der Waals surface area (Å²) < 4.78 is 18.1. The van der Waals surface area contributed by atoms with Crippen molar-refractivity contribution in [1.29, 1.82) is 0 Å². The molecule has 0 saturated heterocycles. The minimum atomic E-state index is -0.379. The number of fused-ring (bicyclic) bond motifs is 3. The molecule has 4 rings (SSSR count). The first-order chi connectivity index (χ1) is 17.5. The number of nitrogens with one attached hydrogen (secondary N) is 2. The van der Waals surface area contributed by atoms with Gasteiger partial charge in [0.2, 0.25) is 5.65 Å². The zero-order valence-electron chi connectivity index (χ0n) is 21.1. The maximum absolute atomic E-state index is 11.7. The van der Waals surface area contributed by atoms with Crippen LogP contribution >= 0.6 is 0 Å². The van der Waals surface area contributed by atoms with Crippen LogP contribution in [-0.2, 0) is 4.74 Å². The second kappa shape index (κ2) is 11.6. The Morgan fingerprint density at radius 2 is 1.72 bits per heavy atom. The third-order valence-corrected chi connectivity index (χ3v) is 5.57.